The van der Waals surface area contributed by atoms with Gasteiger partial charge in [-0.2, -0.15) is 4.72 Å². The van der Waals surface area contributed by atoms with Crippen molar-refractivity contribution < 1.29 is 27.1 Å². The van der Waals surface area contributed by atoms with Gasteiger partial charge in [-0.15, -0.1) is 0 Å². The molecule has 0 unspecified atom stereocenters. The van der Waals surface area contributed by atoms with Gasteiger partial charge in [0.1, 0.15) is 22.6 Å². The fourth-order valence-corrected chi connectivity index (χ4v) is 3.33. The number of hydrogen-bond donors (Lipinski definition) is 2. The number of nitrogens with one attached hydrogen (secondary N) is 1. The molecule has 0 fully saturated rings. The normalized spacial score (nSPS) is 13.5. The molecule has 1 aromatic rings. The van der Waals surface area contributed by atoms with Gasteiger partial charge in [0.15, 0.2) is 0 Å². The first-order chi connectivity index (χ1) is 9.06. The summed E-state index contributed by atoms with van der Waals surface area (Å²) < 4.78 is 52.2. The summed E-state index contributed by atoms with van der Waals surface area (Å²) in [5, 5.41) is 8.93. The number of halogens is 3. The summed E-state index contributed by atoms with van der Waals surface area (Å²) in [6.07, 6.45) is 0. The second-order valence-corrected chi connectivity index (χ2v) is 6.91. The van der Waals surface area contributed by atoms with E-state index in [2.05, 4.69) is 15.9 Å². The van der Waals surface area contributed by atoms with Crippen LogP contribution in [0.2, 0.25) is 0 Å². The Labute approximate surface area is 123 Å². The number of rotatable bonds is 5. The van der Waals surface area contributed by atoms with E-state index >= 15 is 0 Å². The lowest BCUT2D eigenvalue weighted by atomic mass is 10.1. The van der Waals surface area contributed by atoms with Crippen LogP contribution in [0.1, 0.15) is 13.8 Å². The van der Waals surface area contributed by atoms with Crippen molar-refractivity contribution in [1.82, 2.24) is 4.72 Å². The molecule has 0 saturated carbocycles. The predicted molar refractivity (Wildman–Crippen MR) is 70.6 cm³/mol. The number of hydrogen-bond acceptors (Lipinski definition) is 3. The molecule has 0 spiro atoms. The van der Waals surface area contributed by atoms with Gasteiger partial charge in [0.25, 0.3) is 0 Å². The van der Waals surface area contributed by atoms with Crippen LogP contribution in [0.4, 0.5) is 8.78 Å². The van der Waals surface area contributed by atoms with Crippen LogP contribution in [-0.4, -0.2) is 25.5 Å². The van der Waals surface area contributed by atoms with Gasteiger partial charge in [-0.3, -0.25) is 4.79 Å². The maximum atomic E-state index is 13.6. The van der Waals surface area contributed by atoms with Crippen LogP contribution < -0.4 is 4.72 Å². The van der Waals surface area contributed by atoms with E-state index in [-0.39, 0.29) is 4.47 Å². The van der Waals surface area contributed by atoms with E-state index < -0.39 is 44.5 Å². The number of sulfonamides is 1. The van der Waals surface area contributed by atoms with Crippen molar-refractivity contribution >= 4 is 31.9 Å². The van der Waals surface area contributed by atoms with Crippen LogP contribution >= 0.6 is 15.9 Å². The minimum Gasteiger partial charge on any atom is -0.480 e. The average molecular weight is 372 g/mol. The summed E-state index contributed by atoms with van der Waals surface area (Å²) in [7, 11) is -4.42. The molecule has 5 nitrogen and oxygen atoms in total. The van der Waals surface area contributed by atoms with Crippen molar-refractivity contribution in [1.29, 1.82) is 0 Å². The number of carbonyl (C=O) groups is 1. The fourth-order valence-electron chi connectivity index (χ4n) is 1.41. The van der Waals surface area contributed by atoms with Crippen LogP contribution in [0.15, 0.2) is 21.5 Å². The van der Waals surface area contributed by atoms with E-state index in [1.54, 1.807) is 0 Å². The van der Waals surface area contributed by atoms with Crippen LogP contribution in [0.25, 0.3) is 0 Å². The van der Waals surface area contributed by atoms with Gasteiger partial charge in [0, 0.05) is 6.07 Å². The van der Waals surface area contributed by atoms with Crippen molar-refractivity contribution in [2.24, 2.45) is 5.92 Å². The van der Waals surface area contributed by atoms with Gasteiger partial charge in [-0.05, 0) is 27.9 Å². The second-order valence-electron chi connectivity index (χ2n) is 4.38. The zero-order valence-electron chi connectivity index (χ0n) is 10.5. The zero-order valence-corrected chi connectivity index (χ0v) is 12.9. The summed E-state index contributed by atoms with van der Waals surface area (Å²) in [4.78, 5) is 10.1. The van der Waals surface area contributed by atoms with Crippen molar-refractivity contribution in [3.05, 3.63) is 28.2 Å². The van der Waals surface area contributed by atoms with E-state index in [1.165, 1.54) is 13.8 Å². The molecule has 2 N–H and O–H groups in total. The van der Waals surface area contributed by atoms with Crippen molar-refractivity contribution in [3.8, 4) is 0 Å². The van der Waals surface area contributed by atoms with E-state index in [9.17, 15) is 22.0 Å². The summed E-state index contributed by atoms with van der Waals surface area (Å²) in [5.41, 5.74) is 0. The van der Waals surface area contributed by atoms with Gasteiger partial charge in [-0.25, -0.2) is 17.2 Å². The quantitative estimate of drug-likeness (QED) is 0.776. The number of carboxylic acid groups (broad SMARTS) is 1. The zero-order chi connectivity index (χ0) is 15.7. The van der Waals surface area contributed by atoms with Crippen LogP contribution in [0.5, 0.6) is 0 Å². The van der Waals surface area contributed by atoms with Gasteiger partial charge >= 0.3 is 5.97 Å². The molecule has 0 amide bonds. The highest BCUT2D eigenvalue weighted by Gasteiger charge is 2.30. The molecule has 112 valence electrons. The number of aliphatic carboxylic acids is 1. The minimum atomic E-state index is -4.42. The van der Waals surface area contributed by atoms with Gasteiger partial charge in [-0.1, -0.05) is 13.8 Å². The molecule has 1 aromatic carbocycles. The Morgan fingerprint density at radius 2 is 1.85 bits per heavy atom. The van der Waals surface area contributed by atoms with E-state index in [0.717, 1.165) is 6.07 Å². The monoisotopic (exact) mass is 371 g/mol. The van der Waals surface area contributed by atoms with Crippen LogP contribution in [0, 0.1) is 17.6 Å². The molecule has 0 aromatic heterocycles. The Morgan fingerprint density at radius 3 is 2.30 bits per heavy atom. The van der Waals surface area contributed by atoms with Crippen molar-refractivity contribution in [2.75, 3.05) is 0 Å². The maximum Gasteiger partial charge on any atom is 0.322 e. The Morgan fingerprint density at radius 1 is 1.30 bits per heavy atom. The van der Waals surface area contributed by atoms with Gasteiger partial charge < -0.3 is 5.11 Å². The molecule has 1 rings (SSSR count). The SMILES string of the molecule is CC(C)[C@H](NS(=O)(=O)c1cc(Br)c(F)cc1F)C(=O)O. The van der Waals surface area contributed by atoms with Crippen molar-refractivity contribution in [2.45, 2.75) is 24.8 Å². The summed E-state index contributed by atoms with van der Waals surface area (Å²) in [5.74, 6) is -4.19. The lowest BCUT2D eigenvalue weighted by Gasteiger charge is -2.18. The highest BCUT2D eigenvalue weighted by atomic mass is 79.9. The molecule has 0 heterocycles. The van der Waals surface area contributed by atoms with E-state index in [4.69, 9.17) is 5.11 Å². The molecule has 1 atom stereocenters. The second kappa shape index (κ2) is 6.15. The summed E-state index contributed by atoms with van der Waals surface area (Å²) in [6, 6.07) is -0.265. The third-order valence-corrected chi connectivity index (χ3v) is 4.54. The highest BCUT2D eigenvalue weighted by Crippen LogP contribution is 2.24. The molecule has 0 saturated heterocycles. The standard InChI is InChI=1S/C11H12BrF2NO4S/c1-5(2)10(11(16)17)15-20(18,19)9-3-6(12)7(13)4-8(9)14/h3-5,10,15H,1-2H3,(H,16,17)/t10-/m0/s1. The molecule has 0 aliphatic rings. The van der Waals surface area contributed by atoms with Crippen LogP contribution in [-0.2, 0) is 14.8 Å². The lowest BCUT2D eigenvalue weighted by Crippen LogP contribution is -2.44. The Kier molecular flexibility index (Phi) is 5.22. The molecular weight excluding hydrogens is 360 g/mol. The Bertz CT molecular complexity index is 634. The molecule has 0 aliphatic heterocycles. The van der Waals surface area contributed by atoms with E-state index in [0.29, 0.717) is 6.07 Å². The molecular formula is C11H12BrF2NO4S. The average Bonchev–Trinajstić information content (AvgIpc) is 2.30. The minimum absolute atomic E-state index is 0.240. The molecule has 9 heteroatoms. The fraction of sp³-hybridized carbons (Fsp3) is 0.364. The molecule has 0 aliphatic carbocycles. The number of benzene rings is 1. The first-order valence-corrected chi connectivity index (χ1v) is 7.73. The molecule has 0 bridgehead atoms. The Balaban J connectivity index is 3.24. The van der Waals surface area contributed by atoms with Gasteiger partial charge in [0.05, 0.1) is 4.47 Å². The lowest BCUT2D eigenvalue weighted by molar-refractivity contribution is -0.140. The summed E-state index contributed by atoms with van der Waals surface area (Å²) in [6.45, 7) is 3.00. The van der Waals surface area contributed by atoms with Gasteiger partial charge in [0.2, 0.25) is 10.0 Å². The largest absolute Gasteiger partial charge is 0.480 e. The topological polar surface area (TPSA) is 83.5 Å². The van der Waals surface area contributed by atoms with Crippen LogP contribution in [0.3, 0.4) is 0 Å². The molecule has 0 radical (unpaired) electrons. The molecule has 20 heavy (non-hydrogen) atoms. The third kappa shape index (κ3) is 3.74. The maximum absolute atomic E-state index is 13.6. The highest BCUT2D eigenvalue weighted by molar-refractivity contribution is 9.10. The first-order valence-electron chi connectivity index (χ1n) is 5.46. The van der Waals surface area contributed by atoms with E-state index in [1.807, 2.05) is 4.72 Å². The predicted octanol–water partition coefficient (Wildman–Crippen LogP) is 2.11. The number of carboxylic acids is 1. The Hall–Kier alpha value is -1.06. The smallest absolute Gasteiger partial charge is 0.322 e. The third-order valence-electron chi connectivity index (χ3n) is 2.48. The summed E-state index contributed by atoms with van der Waals surface area (Å²) >= 11 is 2.75. The van der Waals surface area contributed by atoms with Crippen molar-refractivity contribution in [3.63, 3.8) is 0 Å². The first kappa shape index (κ1) is 17.0.